The minimum atomic E-state index is 0.969. The number of nitrogens with one attached hydrogen (secondary N) is 1. The molecule has 19 heavy (non-hydrogen) atoms. The highest BCUT2D eigenvalue weighted by Crippen LogP contribution is 2.36. The molecule has 0 aliphatic carbocycles. The van der Waals surface area contributed by atoms with Crippen molar-refractivity contribution in [1.82, 2.24) is 0 Å². The number of rotatable bonds is 1. The van der Waals surface area contributed by atoms with Crippen LogP contribution in [0, 0.1) is 13.8 Å². The number of aryl methyl sites for hydroxylation is 2. The van der Waals surface area contributed by atoms with Gasteiger partial charge in [0.05, 0.1) is 11.4 Å². The fourth-order valence-corrected chi connectivity index (χ4v) is 3.04. The van der Waals surface area contributed by atoms with Crippen molar-refractivity contribution in [2.75, 3.05) is 23.3 Å². The molecule has 2 aromatic carbocycles. The fraction of sp³-hybridized carbons (Fsp3) is 0.250. The van der Waals surface area contributed by atoms with Crippen LogP contribution in [0.5, 0.6) is 0 Å². The number of halogens is 1. The lowest BCUT2D eigenvalue weighted by atomic mass is 10.1. The van der Waals surface area contributed by atoms with E-state index in [-0.39, 0.29) is 0 Å². The third-order valence-corrected chi connectivity index (χ3v) is 3.91. The highest BCUT2D eigenvalue weighted by molar-refractivity contribution is 9.10. The topological polar surface area (TPSA) is 15.3 Å². The van der Waals surface area contributed by atoms with Crippen molar-refractivity contribution in [2.24, 2.45) is 0 Å². The summed E-state index contributed by atoms with van der Waals surface area (Å²) < 4.78 is 1.11. The van der Waals surface area contributed by atoms with Crippen LogP contribution in [0.25, 0.3) is 0 Å². The molecule has 98 valence electrons. The van der Waals surface area contributed by atoms with Crippen LogP contribution in [0.4, 0.5) is 17.1 Å². The van der Waals surface area contributed by atoms with E-state index in [1.54, 1.807) is 0 Å². The van der Waals surface area contributed by atoms with E-state index in [0.29, 0.717) is 0 Å². The number of fused-ring (bicyclic) bond motifs is 1. The predicted molar refractivity (Wildman–Crippen MR) is 85.6 cm³/mol. The summed E-state index contributed by atoms with van der Waals surface area (Å²) in [5.74, 6) is 0. The molecule has 3 rings (SSSR count). The van der Waals surface area contributed by atoms with Gasteiger partial charge in [-0.25, -0.2) is 0 Å². The lowest BCUT2D eigenvalue weighted by Gasteiger charge is -2.32. The normalized spacial score (nSPS) is 13.9. The van der Waals surface area contributed by atoms with Crippen LogP contribution in [0.3, 0.4) is 0 Å². The van der Waals surface area contributed by atoms with E-state index in [4.69, 9.17) is 0 Å². The highest BCUT2D eigenvalue weighted by atomic mass is 79.9. The zero-order chi connectivity index (χ0) is 13.4. The van der Waals surface area contributed by atoms with Gasteiger partial charge in [-0.3, -0.25) is 0 Å². The van der Waals surface area contributed by atoms with Crippen LogP contribution in [-0.4, -0.2) is 13.1 Å². The Morgan fingerprint density at radius 2 is 1.79 bits per heavy atom. The van der Waals surface area contributed by atoms with E-state index in [9.17, 15) is 0 Å². The van der Waals surface area contributed by atoms with E-state index in [0.717, 1.165) is 17.6 Å². The summed E-state index contributed by atoms with van der Waals surface area (Å²) in [6.07, 6.45) is 0. The minimum Gasteiger partial charge on any atom is -0.382 e. The summed E-state index contributed by atoms with van der Waals surface area (Å²) in [5, 5.41) is 3.46. The van der Waals surface area contributed by atoms with Crippen molar-refractivity contribution in [3.05, 3.63) is 52.0 Å². The molecule has 2 nitrogen and oxygen atoms in total. The second kappa shape index (κ2) is 4.89. The van der Waals surface area contributed by atoms with E-state index < -0.39 is 0 Å². The Kier molecular flexibility index (Phi) is 3.23. The molecule has 3 heteroatoms. The first-order valence-corrected chi connectivity index (χ1v) is 7.32. The lowest BCUT2D eigenvalue weighted by Crippen LogP contribution is -2.30. The standard InChI is InChI=1S/C16H17BrN2/c1-11-7-12(2)9-14(8-11)19-6-5-18-15-10-13(17)3-4-16(15)19/h3-4,7-10,18H,5-6H2,1-2H3. The average molecular weight is 317 g/mol. The zero-order valence-electron chi connectivity index (χ0n) is 11.2. The Morgan fingerprint density at radius 1 is 1.05 bits per heavy atom. The predicted octanol–water partition coefficient (Wildman–Crippen LogP) is 4.63. The van der Waals surface area contributed by atoms with Gasteiger partial charge in [-0.05, 0) is 55.3 Å². The van der Waals surface area contributed by atoms with Gasteiger partial charge in [-0.15, -0.1) is 0 Å². The van der Waals surface area contributed by atoms with Crippen LogP contribution >= 0.6 is 15.9 Å². The van der Waals surface area contributed by atoms with E-state index in [1.165, 1.54) is 28.2 Å². The summed E-state index contributed by atoms with van der Waals surface area (Å²) in [6, 6.07) is 13.1. The van der Waals surface area contributed by atoms with E-state index in [2.05, 4.69) is 76.4 Å². The average Bonchev–Trinajstić information content (AvgIpc) is 2.36. The number of nitrogens with zero attached hydrogens (tertiary/aromatic N) is 1. The third-order valence-electron chi connectivity index (χ3n) is 3.42. The smallest absolute Gasteiger partial charge is 0.0647 e. The number of hydrogen-bond acceptors (Lipinski definition) is 2. The molecule has 0 aromatic heterocycles. The first-order valence-electron chi connectivity index (χ1n) is 6.53. The molecule has 2 aromatic rings. The van der Waals surface area contributed by atoms with Gasteiger partial charge in [0.1, 0.15) is 0 Å². The first-order chi connectivity index (χ1) is 9.13. The second-order valence-corrected chi connectivity index (χ2v) is 6.00. The Morgan fingerprint density at radius 3 is 2.53 bits per heavy atom. The van der Waals surface area contributed by atoms with Crippen molar-refractivity contribution in [3.8, 4) is 0 Å². The molecule has 0 saturated carbocycles. The van der Waals surface area contributed by atoms with Gasteiger partial charge in [0.2, 0.25) is 0 Å². The van der Waals surface area contributed by atoms with Crippen LogP contribution < -0.4 is 10.2 Å². The first kappa shape index (κ1) is 12.5. The molecule has 1 aliphatic rings. The molecule has 0 amide bonds. The Balaban J connectivity index is 2.08. The van der Waals surface area contributed by atoms with Crippen LogP contribution in [0.15, 0.2) is 40.9 Å². The Hall–Kier alpha value is -1.48. The molecule has 0 spiro atoms. The summed E-state index contributed by atoms with van der Waals surface area (Å²) in [6.45, 7) is 6.27. The summed E-state index contributed by atoms with van der Waals surface area (Å²) in [5.41, 5.74) is 6.35. The van der Waals surface area contributed by atoms with Crippen molar-refractivity contribution in [1.29, 1.82) is 0 Å². The fourth-order valence-electron chi connectivity index (χ4n) is 2.68. The van der Waals surface area contributed by atoms with Crippen molar-refractivity contribution in [2.45, 2.75) is 13.8 Å². The highest BCUT2D eigenvalue weighted by Gasteiger charge is 2.18. The van der Waals surface area contributed by atoms with Gasteiger partial charge < -0.3 is 10.2 Å². The van der Waals surface area contributed by atoms with Crippen LogP contribution in [-0.2, 0) is 0 Å². The van der Waals surface area contributed by atoms with E-state index >= 15 is 0 Å². The summed E-state index contributed by atoms with van der Waals surface area (Å²) in [4.78, 5) is 2.39. The molecule has 0 fully saturated rings. The molecular formula is C16H17BrN2. The number of anilines is 3. The minimum absolute atomic E-state index is 0.969. The van der Waals surface area contributed by atoms with Gasteiger partial charge in [0.15, 0.2) is 0 Å². The summed E-state index contributed by atoms with van der Waals surface area (Å²) in [7, 11) is 0. The molecule has 0 saturated heterocycles. The molecule has 1 aliphatic heterocycles. The molecule has 0 unspecified atom stereocenters. The van der Waals surface area contributed by atoms with E-state index in [1.807, 2.05) is 0 Å². The lowest BCUT2D eigenvalue weighted by molar-refractivity contribution is 0.924. The maximum Gasteiger partial charge on any atom is 0.0647 e. The van der Waals surface area contributed by atoms with Gasteiger partial charge >= 0.3 is 0 Å². The molecular weight excluding hydrogens is 300 g/mol. The van der Waals surface area contributed by atoms with Crippen LogP contribution in [0.1, 0.15) is 11.1 Å². The Labute approximate surface area is 122 Å². The van der Waals surface area contributed by atoms with Gasteiger partial charge in [-0.1, -0.05) is 22.0 Å². The number of hydrogen-bond donors (Lipinski definition) is 1. The second-order valence-electron chi connectivity index (χ2n) is 5.09. The van der Waals surface area contributed by atoms with Crippen molar-refractivity contribution >= 4 is 33.0 Å². The largest absolute Gasteiger partial charge is 0.382 e. The summed E-state index contributed by atoms with van der Waals surface area (Å²) >= 11 is 3.53. The Bertz CT molecular complexity index is 602. The molecule has 1 N–H and O–H groups in total. The monoisotopic (exact) mass is 316 g/mol. The molecule has 0 atom stereocenters. The zero-order valence-corrected chi connectivity index (χ0v) is 12.8. The molecule has 0 bridgehead atoms. The SMILES string of the molecule is Cc1cc(C)cc(N2CCNc3cc(Br)ccc32)c1. The van der Waals surface area contributed by atoms with Crippen molar-refractivity contribution in [3.63, 3.8) is 0 Å². The van der Waals surface area contributed by atoms with Crippen LogP contribution in [0.2, 0.25) is 0 Å². The van der Waals surface area contributed by atoms with Crippen molar-refractivity contribution < 1.29 is 0 Å². The maximum atomic E-state index is 3.53. The quantitative estimate of drug-likeness (QED) is 0.825. The van der Waals surface area contributed by atoms with Gasteiger partial charge in [0.25, 0.3) is 0 Å². The number of benzene rings is 2. The van der Waals surface area contributed by atoms with Gasteiger partial charge in [0, 0.05) is 23.2 Å². The molecule has 1 heterocycles. The molecule has 0 radical (unpaired) electrons. The third kappa shape index (κ3) is 2.47. The maximum absolute atomic E-state index is 3.53. The van der Waals surface area contributed by atoms with Gasteiger partial charge in [-0.2, -0.15) is 0 Å².